The fraction of sp³-hybridized carbons (Fsp3) is 0.500. The van der Waals surface area contributed by atoms with Gasteiger partial charge in [0.25, 0.3) is 11.8 Å². The molecule has 1 fully saturated rings. The van der Waals surface area contributed by atoms with Gasteiger partial charge in [-0.25, -0.2) is 0 Å². The molecule has 13 heavy (non-hydrogen) atoms. The maximum absolute atomic E-state index is 10.2. The second-order valence-corrected chi connectivity index (χ2v) is 2.89. The second kappa shape index (κ2) is 5.86. The first kappa shape index (κ1) is 12.3. The smallest absolute Gasteiger partial charge is 0.313 e. The van der Waals surface area contributed by atoms with Crippen molar-refractivity contribution >= 4 is 40.4 Å². The molecule has 0 unspecified atom stereocenters. The first-order valence-electron chi connectivity index (χ1n) is 3.31. The van der Waals surface area contributed by atoms with Gasteiger partial charge >= 0.3 is 5.97 Å². The number of rotatable bonds is 1. The van der Waals surface area contributed by atoms with Crippen LogP contribution in [0.3, 0.4) is 0 Å². The van der Waals surface area contributed by atoms with Gasteiger partial charge in [-0.15, -0.1) is 0 Å². The van der Waals surface area contributed by atoms with Gasteiger partial charge in [-0.2, -0.15) is 5.06 Å². The van der Waals surface area contributed by atoms with Gasteiger partial charge in [0.1, 0.15) is 0 Å². The summed E-state index contributed by atoms with van der Waals surface area (Å²) in [4.78, 5) is 29.8. The van der Waals surface area contributed by atoms with Crippen molar-refractivity contribution in [2.45, 2.75) is 12.8 Å². The summed E-state index contributed by atoms with van der Waals surface area (Å²) in [5, 5.41) is 16.3. The van der Waals surface area contributed by atoms with Crippen molar-refractivity contribution in [3.8, 4) is 0 Å². The van der Waals surface area contributed by atoms with Crippen LogP contribution < -0.4 is 0 Å². The maximum Gasteiger partial charge on any atom is 0.313 e. The number of hydrogen-bond acceptors (Lipinski definition) is 4. The molecule has 0 aromatic heterocycles. The van der Waals surface area contributed by atoms with E-state index in [1.165, 1.54) is 0 Å². The first-order chi connectivity index (χ1) is 5.99. The molecule has 0 bridgehead atoms. The number of nitrogens with zero attached hydrogens (tertiary/aromatic N) is 1. The highest BCUT2D eigenvalue weighted by molar-refractivity contribution is 14.1. The molecule has 1 heterocycles. The minimum atomic E-state index is -0.759. The summed E-state index contributed by atoms with van der Waals surface area (Å²) in [6.45, 7) is 0. The maximum atomic E-state index is 10.2. The number of hydroxylamine groups is 2. The number of carbonyl (C=O) groups excluding carboxylic acids is 2. The van der Waals surface area contributed by atoms with E-state index in [2.05, 4.69) is 0 Å². The van der Waals surface area contributed by atoms with Gasteiger partial charge in [0.05, 0.1) is 4.43 Å². The normalized spacial score (nSPS) is 15.4. The molecular formula is C6H8INO5. The van der Waals surface area contributed by atoms with Gasteiger partial charge in [0.15, 0.2) is 0 Å². The molecule has 0 aromatic rings. The van der Waals surface area contributed by atoms with Gasteiger partial charge in [0.2, 0.25) is 0 Å². The molecule has 1 saturated heterocycles. The third kappa shape index (κ3) is 4.78. The van der Waals surface area contributed by atoms with E-state index < -0.39 is 17.8 Å². The summed E-state index contributed by atoms with van der Waals surface area (Å²) in [5.41, 5.74) is 0. The minimum Gasteiger partial charge on any atom is -0.481 e. The molecule has 0 aliphatic carbocycles. The number of carboxylic acids is 1. The summed E-state index contributed by atoms with van der Waals surface area (Å²) >= 11 is 1.78. The fourth-order valence-electron chi connectivity index (χ4n) is 0.565. The van der Waals surface area contributed by atoms with Crippen LogP contribution in [0.15, 0.2) is 0 Å². The molecule has 0 radical (unpaired) electrons. The minimum absolute atomic E-state index is 0.148. The van der Waals surface area contributed by atoms with Crippen LogP contribution in [0.5, 0.6) is 0 Å². The van der Waals surface area contributed by atoms with Gasteiger partial charge in [-0.1, -0.05) is 22.6 Å². The summed E-state index contributed by atoms with van der Waals surface area (Å²) in [6, 6.07) is 0. The molecule has 1 rings (SSSR count). The molecule has 0 aromatic carbocycles. The van der Waals surface area contributed by atoms with E-state index >= 15 is 0 Å². The summed E-state index contributed by atoms with van der Waals surface area (Å²) in [6.07, 6.45) is 0.296. The molecule has 1 aliphatic rings. The van der Waals surface area contributed by atoms with Crippen molar-refractivity contribution in [1.82, 2.24) is 5.06 Å². The quantitative estimate of drug-likeness (QED) is 0.308. The highest BCUT2D eigenvalue weighted by atomic mass is 127. The third-order valence-electron chi connectivity index (χ3n) is 1.14. The average Bonchev–Trinajstić information content (AvgIpc) is 2.37. The number of aliphatic carboxylic acids is 1. The molecular weight excluding hydrogens is 293 g/mol. The lowest BCUT2D eigenvalue weighted by Crippen LogP contribution is -2.24. The summed E-state index contributed by atoms with van der Waals surface area (Å²) < 4.78 is 0.192. The van der Waals surface area contributed by atoms with Gasteiger partial charge in [-0.3, -0.25) is 19.6 Å². The van der Waals surface area contributed by atoms with E-state index in [0.717, 1.165) is 0 Å². The van der Waals surface area contributed by atoms with Crippen LogP contribution in [0.4, 0.5) is 0 Å². The molecule has 2 amide bonds. The van der Waals surface area contributed by atoms with E-state index in [4.69, 9.17) is 10.3 Å². The second-order valence-electron chi connectivity index (χ2n) is 2.13. The number of carboxylic acid groups (broad SMARTS) is 1. The lowest BCUT2D eigenvalue weighted by Gasteiger charge is -1.98. The number of amides is 2. The van der Waals surface area contributed by atoms with Gasteiger partial charge in [0, 0.05) is 12.8 Å². The predicted octanol–water partition coefficient (Wildman–Crippen LogP) is 0.0306. The molecule has 1 aliphatic heterocycles. The van der Waals surface area contributed by atoms with Crippen molar-refractivity contribution in [2.24, 2.45) is 0 Å². The first-order valence-corrected chi connectivity index (χ1v) is 4.84. The van der Waals surface area contributed by atoms with Crippen molar-refractivity contribution < 1.29 is 24.7 Å². The number of alkyl halides is 1. The monoisotopic (exact) mass is 301 g/mol. The fourth-order valence-corrected chi connectivity index (χ4v) is 0.565. The van der Waals surface area contributed by atoms with Gasteiger partial charge < -0.3 is 5.11 Å². The molecule has 0 atom stereocenters. The Kier molecular flexibility index (Phi) is 5.55. The van der Waals surface area contributed by atoms with Crippen LogP contribution in [-0.4, -0.2) is 37.6 Å². The van der Waals surface area contributed by atoms with Crippen LogP contribution in [0.25, 0.3) is 0 Å². The van der Waals surface area contributed by atoms with E-state index in [9.17, 15) is 14.4 Å². The van der Waals surface area contributed by atoms with Crippen LogP contribution in [-0.2, 0) is 14.4 Å². The Morgan fingerprint density at radius 1 is 1.38 bits per heavy atom. The lowest BCUT2D eigenvalue weighted by molar-refractivity contribution is -0.171. The Balaban J connectivity index is 0.000000252. The summed E-state index contributed by atoms with van der Waals surface area (Å²) in [7, 11) is 0. The van der Waals surface area contributed by atoms with Crippen LogP contribution in [0, 0.1) is 0 Å². The Bertz CT molecular complexity index is 213. The zero-order valence-corrected chi connectivity index (χ0v) is 8.72. The number of hydrogen-bond donors (Lipinski definition) is 2. The Morgan fingerprint density at radius 2 is 1.69 bits per heavy atom. The Labute approximate surface area is 87.6 Å². The van der Waals surface area contributed by atoms with Crippen molar-refractivity contribution in [3.63, 3.8) is 0 Å². The number of imide groups is 1. The molecule has 0 spiro atoms. The van der Waals surface area contributed by atoms with Crippen molar-refractivity contribution in [2.75, 3.05) is 4.43 Å². The van der Waals surface area contributed by atoms with E-state index in [0.29, 0.717) is 0 Å². The Hall–Kier alpha value is -0.700. The SMILES string of the molecule is O=C(O)CI.O=C1CCC(=O)N1O. The number of carbonyl (C=O) groups is 3. The molecule has 6 nitrogen and oxygen atoms in total. The average molecular weight is 301 g/mol. The molecule has 7 heteroatoms. The summed E-state index contributed by atoms with van der Waals surface area (Å²) in [5.74, 6) is -1.77. The van der Waals surface area contributed by atoms with Gasteiger partial charge in [-0.05, 0) is 0 Å². The molecule has 2 N–H and O–H groups in total. The Morgan fingerprint density at radius 3 is 1.77 bits per heavy atom. The largest absolute Gasteiger partial charge is 0.481 e. The van der Waals surface area contributed by atoms with Crippen molar-refractivity contribution in [1.29, 1.82) is 0 Å². The molecule has 0 saturated carbocycles. The van der Waals surface area contributed by atoms with E-state index in [-0.39, 0.29) is 22.3 Å². The van der Waals surface area contributed by atoms with Crippen LogP contribution >= 0.6 is 22.6 Å². The van der Waals surface area contributed by atoms with Crippen LogP contribution in [0.2, 0.25) is 0 Å². The zero-order valence-electron chi connectivity index (χ0n) is 6.57. The predicted molar refractivity (Wildman–Crippen MR) is 49.4 cm³/mol. The number of halogens is 1. The zero-order chi connectivity index (χ0) is 10.4. The van der Waals surface area contributed by atoms with E-state index in [1.807, 2.05) is 0 Å². The molecule has 74 valence electrons. The topological polar surface area (TPSA) is 94.9 Å². The standard InChI is InChI=1S/C4H5NO3.C2H3IO2/c6-3-1-2-4(7)5(3)8;3-1-2(4)5/h8H,1-2H2;1H2,(H,4,5). The third-order valence-corrected chi connectivity index (χ3v) is 1.79. The lowest BCUT2D eigenvalue weighted by atomic mass is 10.4. The highest BCUT2D eigenvalue weighted by Gasteiger charge is 2.26. The van der Waals surface area contributed by atoms with E-state index in [1.54, 1.807) is 22.6 Å². The highest BCUT2D eigenvalue weighted by Crippen LogP contribution is 2.06. The van der Waals surface area contributed by atoms with Crippen molar-refractivity contribution in [3.05, 3.63) is 0 Å². The van der Waals surface area contributed by atoms with Crippen LogP contribution in [0.1, 0.15) is 12.8 Å².